The van der Waals surface area contributed by atoms with Crippen LogP contribution in [0.2, 0.25) is 0 Å². The predicted octanol–water partition coefficient (Wildman–Crippen LogP) is 3.58. The molecule has 5 nitrogen and oxygen atoms in total. The summed E-state index contributed by atoms with van der Waals surface area (Å²) in [5, 5.41) is 9.68. The van der Waals surface area contributed by atoms with Crippen molar-refractivity contribution >= 4 is 5.97 Å². The van der Waals surface area contributed by atoms with Crippen LogP contribution in [0.5, 0.6) is 11.5 Å². The van der Waals surface area contributed by atoms with Gasteiger partial charge in [-0.25, -0.2) is 0 Å². The van der Waals surface area contributed by atoms with Gasteiger partial charge in [0.25, 0.3) is 0 Å². The van der Waals surface area contributed by atoms with Crippen LogP contribution in [0.25, 0.3) is 0 Å². The van der Waals surface area contributed by atoms with Gasteiger partial charge in [0.2, 0.25) is 0 Å². The molecule has 1 fully saturated rings. The predicted molar refractivity (Wildman–Crippen MR) is 105 cm³/mol. The molecule has 0 aliphatic carbocycles. The number of carbonyl (C=O) groups is 1. The number of ether oxygens (including phenoxy) is 2. The van der Waals surface area contributed by atoms with Crippen LogP contribution >= 0.6 is 0 Å². The summed E-state index contributed by atoms with van der Waals surface area (Å²) in [6.07, 6.45) is 2.97. The molecule has 2 aromatic rings. The van der Waals surface area contributed by atoms with E-state index < -0.39 is 11.9 Å². The highest BCUT2D eigenvalue weighted by Gasteiger charge is 2.20. The molecule has 27 heavy (non-hydrogen) atoms. The molecule has 1 N–H and O–H groups in total. The Morgan fingerprint density at radius 2 is 1.85 bits per heavy atom. The van der Waals surface area contributed by atoms with E-state index in [1.165, 1.54) is 12.8 Å². The van der Waals surface area contributed by atoms with Crippen LogP contribution in [0.1, 0.15) is 29.9 Å². The van der Waals surface area contributed by atoms with E-state index in [2.05, 4.69) is 4.90 Å². The van der Waals surface area contributed by atoms with Crippen LogP contribution in [0.4, 0.5) is 0 Å². The molecule has 1 atom stereocenters. The fourth-order valence-corrected chi connectivity index (χ4v) is 3.48. The number of hydrogen-bond donors (Lipinski definition) is 1. The van der Waals surface area contributed by atoms with Gasteiger partial charge in [-0.15, -0.1) is 0 Å². The summed E-state index contributed by atoms with van der Waals surface area (Å²) in [5.41, 5.74) is 1.72. The topological polar surface area (TPSA) is 59.0 Å². The molecule has 5 heteroatoms. The molecule has 1 saturated heterocycles. The molecular formula is C22H27NO4. The highest BCUT2D eigenvalue weighted by atomic mass is 16.5. The molecule has 0 saturated carbocycles. The molecular weight excluding hydrogens is 342 g/mol. The molecule has 1 aliphatic heterocycles. The van der Waals surface area contributed by atoms with Crippen molar-refractivity contribution in [1.29, 1.82) is 0 Å². The van der Waals surface area contributed by atoms with E-state index in [0.29, 0.717) is 13.0 Å². The minimum atomic E-state index is -0.833. The van der Waals surface area contributed by atoms with E-state index in [1.807, 2.05) is 36.4 Å². The Hall–Kier alpha value is -2.53. The van der Waals surface area contributed by atoms with Crippen molar-refractivity contribution in [3.8, 4) is 11.5 Å². The number of carboxylic acids is 1. The Balaban J connectivity index is 1.62. The van der Waals surface area contributed by atoms with E-state index >= 15 is 0 Å². The van der Waals surface area contributed by atoms with Crippen LogP contribution in [-0.4, -0.2) is 49.3 Å². The first kappa shape index (κ1) is 19.2. The highest BCUT2D eigenvalue weighted by molar-refractivity contribution is 5.76. The number of benzene rings is 2. The lowest BCUT2D eigenvalue weighted by atomic mass is 9.92. The Morgan fingerprint density at radius 3 is 2.52 bits per heavy atom. The van der Waals surface area contributed by atoms with Crippen molar-refractivity contribution in [3.05, 3.63) is 59.7 Å². The Labute approximate surface area is 160 Å². The fraction of sp³-hybridized carbons (Fsp3) is 0.409. The Morgan fingerprint density at radius 1 is 1.11 bits per heavy atom. The van der Waals surface area contributed by atoms with E-state index in [-0.39, 0.29) is 0 Å². The molecule has 0 spiro atoms. The van der Waals surface area contributed by atoms with Crippen molar-refractivity contribution in [2.75, 3.05) is 33.4 Å². The van der Waals surface area contributed by atoms with Gasteiger partial charge in [-0.2, -0.15) is 0 Å². The zero-order valence-electron chi connectivity index (χ0n) is 15.8. The third-order valence-electron chi connectivity index (χ3n) is 5.03. The van der Waals surface area contributed by atoms with Gasteiger partial charge in [-0.1, -0.05) is 24.3 Å². The minimum Gasteiger partial charge on any atom is -0.497 e. The number of nitrogens with zero attached hydrogens (tertiary/aromatic N) is 1. The van der Waals surface area contributed by atoms with Crippen molar-refractivity contribution < 1.29 is 19.4 Å². The normalized spacial score (nSPS) is 15.4. The van der Waals surface area contributed by atoms with Gasteiger partial charge < -0.3 is 14.6 Å². The van der Waals surface area contributed by atoms with Crippen LogP contribution in [-0.2, 0) is 11.2 Å². The van der Waals surface area contributed by atoms with Crippen LogP contribution in [0.15, 0.2) is 48.5 Å². The summed E-state index contributed by atoms with van der Waals surface area (Å²) in [6.45, 7) is 3.91. The Kier molecular flexibility index (Phi) is 6.71. The largest absolute Gasteiger partial charge is 0.497 e. The molecule has 1 heterocycles. The van der Waals surface area contributed by atoms with E-state index in [1.54, 1.807) is 19.2 Å². The first-order valence-electron chi connectivity index (χ1n) is 9.46. The SMILES string of the molecule is COc1ccc(C(Cc2cccc(OCCN3CCCC3)c2)C(=O)O)cc1. The maximum Gasteiger partial charge on any atom is 0.311 e. The summed E-state index contributed by atoms with van der Waals surface area (Å²) in [5.74, 6) is 0.0816. The van der Waals surface area contributed by atoms with Crippen LogP contribution in [0, 0.1) is 0 Å². The second kappa shape index (κ2) is 9.42. The van der Waals surface area contributed by atoms with Gasteiger partial charge >= 0.3 is 5.97 Å². The number of aliphatic carboxylic acids is 1. The van der Waals surface area contributed by atoms with Crippen molar-refractivity contribution in [1.82, 2.24) is 4.90 Å². The lowest BCUT2D eigenvalue weighted by molar-refractivity contribution is -0.138. The maximum atomic E-state index is 11.8. The summed E-state index contributed by atoms with van der Waals surface area (Å²) in [6, 6.07) is 15.0. The standard InChI is InChI=1S/C22H27NO4/c1-26-19-9-7-18(8-10-19)21(22(24)25)16-17-5-4-6-20(15-17)27-14-13-23-11-2-3-12-23/h4-10,15,21H,2-3,11-14,16H2,1H3,(H,24,25). The molecule has 0 amide bonds. The molecule has 0 radical (unpaired) electrons. The number of methoxy groups -OCH3 is 1. The lowest BCUT2D eigenvalue weighted by Gasteiger charge is -2.16. The van der Waals surface area contributed by atoms with Gasteiger partial charge in [0.15, 0.2) is 0 Å². The second-order valence-corrected chi connectivity index (χ2v) is 6.91. The van der Waals surface area contributed by atoms with Crippen LogP contribution in [0.3, 0.4) is 0 Å². The summed E-state index contributed by atoms with van der Waals surface area (Å²) in [4.78, 5) is 14.2. The lowest BCUT2D eigenvalue weighted by Crippen LogP contribution is -2.25. The maximum absolute atomic E-state index is 11.8. The number of rotatable bonds is 9. The second-order valence-electron chi connectivity index (χ2n) is 6.91. The molecule has 1 aliphatic rings. The highest BCUT2D eigenvalue weighted by Crippen LogP contribution is 2.25. The summed E-state index contributed by atoms with van der Waals surface area (Å²) >= 11 is 0. The van der Waals surface area contributed by atoms with Crippen molar-refractivity contribution in [2.24, 2.45) is 0 Å². The average Bonchev–Trinajstić information content (AvgIpc) is 3.20. The van der Waals surface area contributed by atoms with Gasteiger partial charge in [0.05, 0.1) is 13.0 Å². The zero-order valence-corrected chi connectivity index (χ0v) is 15.8. The van der Waals surface area contributed by atoms with Gasteiger partial charge in [-0.05, 0) is 67.7 Å². The van der Waals surface area contributed by atoms with Gasteiger partial charge in [0, 0.05) is 6.54 Å². The van der Waals surface area contributed by atoms with E-state index in [0.717, 1.165) is 42.3 Å². The summed E-state index contributed by atoms with van der Waals surface area (Å²) in [7, 11) is 1.60. The molecule has 2 aromatic carbocycles. The molecule has 3 rings (SSSR count). The first-order valence-corrected chi connectivity index (χ1v) is 9.46. The number of hydrogen-bond acceptors (Lipinski definition) is 4. The van der Waals surface area contributed by atoms with E-state index in [4.69, 9.17) is 9.47 Å². The van der Waals surface area contributed by atoms with E-state index in [9.17, 15) is 9.90 Å². The molecule has 1 unspecified atom stereocenters. The fourth-order valence-electron chi connectivity index (χ4n) is 3.48. The molecule has 0 aromatic heterocycles. The average molecular weight is 369 g/mol. The van der Waals surface area contributed by atoms with Gasteiger partial charge in [-0.3, -0.25) is 9.69 Å². The summed E-state index contributed by atoms with van der Waals surface area (Å²) < 4.78 is 11.0. The molecule has 144 valence electrons. The van der Waals surface area contributed by atoms with Crippen molar-refractivity contribution in [3.63, 3.8) is 0 Å². The quantitative estimate of drug-likeness (QED) is 0.732. The number of likely N-dealkylation sites (tertiary alicyclic amines) is 1. The third-order valence-corrected chi connectivity index (χ3v) is 5.03. The van der Waals surface area contributed by atoms with Crippen LogP contribution < -0.4 is 9.47 Å². The third kappa shape index (κ3) is 5.47. The zero-order chi connectivity index (χ0) is 19.1. The van der Waals surface area contributed by atoms with Gasteiger partial charge in [0.1, 0.15) is 18.1 Å². The van der Waals surface area contributed by atoms with Crippen molar-refractivity contribution in [2.45, 2.75) is 25.2 Å². The number of carboxylic acid groups (broad SMARTS) is 1. The smallest absolute Gasteiger partial charge is 0.311 e. The molecule has 0 bridgehead atoms. The Bertz CT molecular complexity index is 738. The first-order chi connectivity index (χ1) is 13.2. The monoisotopic (exact) mass is 369 g/mol. The minimum absolute atomic E-state index is 0.422.